The number of unbranched alkanes of at least 4 members (excludes halogenated alkanes) is 2. The Bertz CT molecular complexity index is 519. The van der Waals surface area contributed by atoms with E-state index < -0.39 is 0 Å². The number of carbonyl (C=O) groups excluding carboxylic acids is 2. The van der Waals surface area contributed by atoms with Crippen molar-refractivity contribution in [3.05, 3.63) is 11.6 Å². The average Bonchev–Trinajstić information content (AvgIpc) is 3.01. The van der Waals surface area contributed by atoms with Gasteiger partial charge < -0.3 is 5.32 Å². The first kappa shape index (κ1) is 16.4. The third-order valence-electron chi connectivity index (χ3n) is 3.08. The van der Waals surface area contributed by atoms with Crippen molar-refractivity contribution in [1.82, 2.24) is 9.88 Å². The lowest BCUT2D eigenvalue weighted by atomic mass is 10.2. The van der Waals surface area contributed by atoms with Crippen LogP contribution in [0.1, 0.15) is 32.6 Å². The summed E-state index contributed by atoms with van der Waals surface area (Å²) in [7, 11) is 0. The predicted molar refractivity (Wildman–Crippen MR) is 90.6 cm³/mol. The number of aromatic nitrogens is 1. The van der Waals surface area contributed by atoms with Crippen molar-refractivity contribution in [3.63, 3.8) is 0 Å². The number of carbonyl (C=O) groups is 2. The number of hydrogen-bond donors (Lipinski definition) is 1. The zero-order valence-corrected chi connectivity index (χ0v) is 14.2. The lowest BCUT2D eigenvalue weighted by Gasteiger charge is -2.14. The topological polar surface area (TPSA) is 62.3 Å². The smallest absolute Gasteiger partial charge is 0.241 e. The van der Waals surface area contributed by atoms with Gasteiger partial charge in [0.15, 0.2) is 5.13 Å². The van der Waals surface area contributed by atoms with E-state index in [4.69, 9.17) is 12.2 Å². The van der Waals surface area contributed by atoms with Crippen LogP contribution in [0.5, 0.6) is 0 Å². The number of thioether (sulfide) groups is 1. The number of thiocarbonyl (C=S) groups is 1. The van der Waals surface area contributed by atoms with Crippen molar-refractivity contribution in [2.24, 2.45) is 0 Å². The van der Waals surface area contributed by atoms with Gasteiger partial charge in [0, 0.05) is 24.5 Å². The molecule has 0 saturated carbocycles. The maximum Gasteiger partial charge on any atom is 0.241 e. The maximum absolute atomic E-state index is 11.8. The molecule has 21 heavy (non-hydrogen) atoms. The van der Waals surface area contributed by atoms with Crippen molar-refractivity contribution < 1.29 is 9.59 Å². The van der Waals surface area contributed by atoms with Gasteiger partial charge in [-0.15, -0.1) is 11.3 Å². The number of hydrogen-bond acceptors (Lipinski definition) is 6. The molecule has 1 fully saturated rings. The Labute approximate surface area is 137 Å². The molecule has 1 saturated heterocycles. The summed E-state index contributed by atoms with van der Waals surface area (Å²) >= 11 is 8.03. The molecule has 1 aliphatic heterocycles. The molecule has 2 rings (SSSR count). The van der Waals surface area contributed by atoms with Gasteiger partial charge in [0.25, 0.3) is 0 Å². The molecule has 0 spiro atoms. The van der Waals surface area contributed by atoms with Crippen LogP contribution in [0.2, 0.25) is 0 Å². The quantitative estimate of drug-likeness (QED) is 0.609. The number of amides is 2. The predicted octanol–water partition coefficient (Wildman–Crippen LogP) is 2.89. The van der Waals surface area contributed by atoms with E-state index in [0.717, 1.165) is 19.3 Å². The Kier molecular flexibility index (Phi) is 6.13. The van der Waals surface area contributed by atoms with Gasteiger partial charge in [0.1, 0.15) is 4.32 Å². The number of anilines is 1. The minimum atomic E-state index is -0.0541. The lowest BCUT2D eigenvalue weighted by Crippen LogP contribution is -2.31. The Morgan fingerprint density at radius 1 is 1.48 bits per heavy atom. The average molecular weight is 343 g/mol. The van der Waals surface area contributed by atoms with Gasteiger partial charge in [-0.05, 0) is 19.8 Å². The summed E-state index contributed by atoms with van der Waals surface area (Å²) in [5.74, 6) is 0.0911. The Morgan fingerprint density at radius 2 is 2.29 bits per heavy atom. The third-order valence-corrected chi connectivity index (χ3v) is 5.25. The molecule has 2 amide bonds. The molecule has 1 aromatic rings. The molecule has 0 aromatic carbocycles. The van der Waals surface area contributed by atoms with Crippen molar-refractivity contribution >= 4 is 56.6 Å². The van der Waals surface area contributed by atoms with Gasteiger partial charge in [0.2, 0.25) is 11.8 Å². The molecule has 114 valence electrons. The molecule has 1 unspecified atom stereocenters. The summed E-state index contributed by atoms with van der Waals surface area (Å²) in [6.45, 7) is 2.53. The second kappa shape index (κ2) is 7.86. The lowest BCUT2D eigenvalue weighted by molar-refractivity contribution is -0.125. The molecule has 1 aliphatic rings. The maximum atomic E-state index is 11.8. The van der Waals surface area contributed by atoms with Crippen LogP contribution < -0.4 is 5.32 Å². The van der Waals surface area contributed by atoms with Crippen molar-refractivity contribution in [2.45, 2.75) is 37.9 Å². The highest BCUT2D eigenvalue weighted by Crippen LogP contribution is 2.27. The fourth-order valence-corrected chi connectivity index (χ4v) is 3.97. The number of thiazole rings is 1. The van der Waals surface area contributed by atoms with Gasteiger partial charge in [-0.1, -0.05) is 30.4 Å². The van der Waals surface area contributed by atoms with Crippen molar-refractivity contribution in [1.29, 1.82) is 0 Å². The molecular formula is C13H17N3O2S3. The van der Waals surface area contributed by atoms with E-state index in [9.17, 15) is 9.59 Å². The second-order valence-electron chi connectivity index (χ2n) is 4.71. The molecule has 1 atom stereocenters. The fourth-order valence-electron chi connectivity index (χ4n) is 1.98. The van der Waals surface area contributed by atoms with E-state index in [0.29, 0.717) is 22.4 Å². The van der Waals surface area contributed by atoms with E-state index in [-0.39, 0.29) is 17.1 Å². The SMILES string of the molecule is CC1SC(=S)N(CCCCCC(=O)Nc2nccs2)C1=O. The van der Waals surface area contributed by atoms with E-state index in [1.807, 2.05) is 12.3 Å². The van der Waals surface area contributed by atoms with Crippen LogP contribution in [0.3, 0.4) is 0 Å². The van der Waals surface area contributed by atoms with Crippen LogP contribution in [-0.4, -0.2) is 37.8 Å². The van der Waals surface area contributed by atoms with Gasteiger partial charge in [-0.2, -0.15) is 0 Å². The van der Waals surface area contributed by atoms with E-state index in [2.05, 4.69) is 10.3 Å². The first-order valence-corrected chi connectivity index (χ1v) is 8.96. The summed E-state index contributed by atoms with van der Waals surface area (Å²) in [6.07, 6.45) is 4.70. The van der Waals surface area contributed by atoms with Crippen LogP contribution >= 0.6 is 35.3 Å². The van der Waals surface area contributed by atoms with E-state index >= 15 is 0 Å². The second-order valence-corrected chi connectivity index (χ2v) is 7.58. The van der Waals surface area contributed by atoms with Crippen LogP contribution in [-0.2, 0) is 9.59 Å². The first-order chi connectivity index (χ1) is 10.1. The Morgan fingerprint density at radius 3 is 2.90 bits per heavy atom. The summed E-state index contributed by atoms with van der Waals surface area (Å²) in [5, 5.41) is 5.16. The van der Waals surface area contributed by atoms with Crippen LogP contribution in [0, 0.1) is 0 Å². The molecule has 0 bridgehead atoms. The highest BCUT2D eigenvalue weighted by atomic mass is 32.2. The molecule has 0 aliphatic carbocycles. The normalized spacial score (nSPS) is 18.3. The summed E-state index contributed by atoms with van der Waals surface area (Å²) < 4.78 is 0.675. The van der Waals surface area contributed by atoms with Crippen LogP contribution in [0.15, 0.2) is 11.6 Å². The van der Waals surface area contributed by atoms with Crippen molar-refractivity contribution in [2.75, 3.05) is 11.9 Å². The Hall–Kier alpha value is -0.990. The van der Waals surface area contributed by atoms with Gasteiger partial charge in [-0.3, -0.25) is 14.5 Å². The first-order valence-electron chi connectivity index (χ1n) is 6.79. The minimum Gasteiger partial charge on any atom is -0.302 e. The fraction of sp³-hybridized carbons (Fsp3) is 0.538. The zero-order valence-electron chi connectivity index (χ0n) is 11.7. The number of nitrogens with one attached hydrogen (secondary N) is 1. The molecule has 2 heterocycles. The highest BCUT2D eigenvalue weighted by Gasteiger charge is 2.32. The standard InChI is InChI=1S/C13H17N3O2S3/c1-9-11(18)16(13(19)21-9)7-4-2-3-5-10(17)15-12-14-6-8-20-12/h6,8-9H,2-5,7H2,1H3,(H,14,15,17). The molecule has 1 aromatic heterocycles. The van der Waals surface area contributed by atoms with E-state index in [1.165, 1.54) is 23.1 Å². The van der Waals surface area contributed by atoms with Crippen molar-refractivity contribution in [3.8, 4) is 0 Å². The molecule has 8 heteroatoms. The zero-order chi connectivity index (χ0) is 15.2. The van der Waals surface area contributed by atoms with Gasteiger partial charge in [0.05, 0.1) is 5.25 Å². The Balaban J connectivity index is 1.59. The largest absolute Gasteiger partial charge is 0.302 e. The molecular weight excluding hydrogens is 326 g/mol. The molecule has 1 N–H and O–H groups in total. The summed E-state index contributed by atoms with van der Waals surface area (Å²) in [6, 6.07) is 0. The summed E-state index contributed by atoms with van der Waals surface area (Å²) in [5.41, 5.74) is 0. The van der Waals surface area contributed by atoms with Crippen LogP contribution in [0.4, 0.5) is 5.13 Å². The minimum absolute atomic E-state index is 0.0121. The summed E-state index contributed by atoms with van der Waals surface area (Å²) in [4.78, 5) is 29.1. The monoisotopic (exact) mass is 343 g/mol. The van der Waals surface area contributed by atoms with Crippen LogP contribution in [0.25, 0.3) is 0 Å². The third kappa shape index (κ3) is 4.76. The number of rotatable bonds is 7. The highest BCUT2D eigenvalue weighted by molar-refractivity contribution is 8.24. The number of nitrogens with zero attached hydrogens (tertiary/aromatic N) is 2. The van der Waals surface area contributed by atoms with E-state index in [1.54, 1.807) is 11.1 Å². The van der Waals surface area contributed by atoms with Gasteiger partial charge in [-0.25, -0.2) is 4.98 Å². The van der Waals surface area contributed by atoms with Gasteiger partial charge >= 0.3 is 0 Å². The molecule has 0 radical (unpaired) electrons. The molecule has 5 nitrogen and oxygen atoms in total.